The monoisotopic (exact) mass is 219 g/mol. The van der Waals surface area contributed by atoms with Gasteiger partial charge in [0, 0.05) is 6.54 Å². The summed E-state index contributed by atoms with van der Waals surface area (Å²) in [6.07, 6.45) is 4.95. The fraction of sp³-hybridized carbons (Fsp3) is 0.571. The van der Waals surface area contributed by atoms with Gasteiger partial charge in [-0.1, -0.05) is 18.2 Å². The van der Waals surface area contributed by atoms with E-state index >= 15 is 0 Å². The molecular weight excluding hydrogens is 198 g/mol. The molecule has 0 aromatic heterocycles. The summed E-state index contributed by atoms with van der Waals surface area (Å²) in [5.74, 6) is 0. The molecule has 0 heterocycles. The van der Waals surface area contributed by atoms with E-state index in [0.717, 1.165) is 5.56 Å². The number of aliphatic hydroxyl groups is 1. The largest absolute Gasteiger partial charge is 0.384 e. The first-order chi connectivity index (χ1) is 7.63. The Morgan fingerprint density at radius 2 is 1.94 bits per heavy atom. The van der Waals surface area contributed by atoms with Crippen molar-refractivity contribution in [2.75, 3.05) is 13.6 Å². The molecule has 1 aromatic rings. The summed E-state index contributed by atoms with van der Waals surface area (Å²) in [6, 6.07) is 6.45. The van der Waals surface area contributed by atoms with Gasteiger partial charge in [-0.2, -0.15) is 0 Å². The third-order valence-electron chi connectivity index (χ3n) is 3.49. The molecule has 16 heavy (non-hydrogen) atoms. The smallest absolute Gasteiger partial charge is 0.0992 e. The highest BCUT2D eigenvalue weighted by atomic mass is 16.3. The molecule has 0 saturated heterocycles. The summed E-state index contributed by atoms with van der Waals surface area (Å²) in [5.41, 5.74) is 3.17. The molecule has 0 radical (unpaired) electrons. The molecule has 0 spiro atoms. The molecule has 2 nitrogen and oxygen atoms in total. The summed E-state index contributed by atoms with van der Waals surface area (Å²) in [4.78, 5) is 0. The Hall–Kier alpha value is -0.860. The summed E-state index contributed by atoms with van der Waals surface area (Å²) in [7, 11) is 1.87. The Labute approximate surface area is 97.7 Å². The highest BCUT2D eigenvalue weighted by molar-refractivity contribution is 5.36. The number of hydrogen-bond acceptors (Lipinski definition) is 2. The lowest BCUT2D eigenvalue weighted by Crippen LogP contribution is -2.33. The number of fused-ring (bicyclic) bond motifs is 1. The Morgan fingerprint density at radius 1 is 1.25 bits per heavy atom. The lowest BCUT2D eigenvalue weighted by Gasteiger charge is -2.26. The molecule has 0 fully saturated rings. The minimum atomic E-state index is -0.763. The Bertz CT molecular complexity index is 371. The second kappa shape index (κ2) is 4.56. The maximum absolute atomic E-state index is 10.3. The van der Waals surface area contributed by atoms with Crippen LogP contribution in [0.2, 0.25) is 0 Å². The van der Waals surface area contributed by atoms with Gasteiger partial charge in [0.05, 0.1) is 5.60 Å². The van der Waals surface area contributed by atoms with Crippen LogP contribution >= 0.6 is 0 Å². The Balaban J connectivity index is 2.29. The number of aryl methyl sites for hydroxylation is 2. The first-order valence-electron chi connectivity index (χ1n) is 6.13. The van der Waals surface area contributed by atoms with Crippen molar-refractivity contribution < 1.29 is 5.11 Å². The lowest BCUT2D eigenvalue weighted by molar-refractivity contribution is 0.0590. The standard InChI is InChI=1S/C14H21NO/c1-14(16,10-15-2)13-8-7-11-5-3-4-6-12(11)9-13/h7-9,15-16H,3-6,10H2,1-2H3. The first kappa shape index (κ1) is 11.6. The zero-order valence-corrected chi connectivity index (χ0v) is 10.2. The second-order valence-electron chi connectivity index (χ2n) is 4.99. The maximum Gasteiger partial charge on any atom is 0.0992 e. The molecule has 2 N–H and O–H groups in total. The van der Waals surface area contributed by atoms with E-state index in [9.17, 15) is 5.11 Å². The number of rotatable bonds is 3. The van der Waals surface area contributed by atoms with Crippen molar-refractivity contribution in [3.8, 4) is 0 Å². The summed E-state index contributed by atoms with van der Waals surface area (Å²) in [5, 5.41) is 13.4. The minimum Gasteiger partial charge on any atom is -0.384 e. The second-order valence-corrected chi connectivity index (χ2v) is 4.99. The molecule has 0 aliphatic heterocycles. The predicted octanol–water partition coefficient (Wildman–Crippen LogP) is 1.99. The molecule has 2 heteroatoms. The molecule has 0 saturated carbocycles. The van der Waals surface area contributed by atoms with Crippen LogP contribution in [0.4, 0.5) is 0 Å². The molecule has 88 valence electrons. The molecular formula is C14H21NO. The van der Waals surface area contributed by atoms with Crippen molar-refractivity contribution >= 4 is 0 Å². The SMILES string of the molecule is CNCC(C)(O)c1ccc2c(c1)CCCC2. The van der Waals surface area contributed by atoms with E-state index < -0.39 is 5.60 Å². The third kappa shape index (κ3) is 2.28. The van der Waals surface area contributed by atoms with Gasteiger partial charge >= 0.3 is 0 Å². The zero-order valence-electron chi connectivity index (χ0n) is 10.2. The van der Waals surface area contributed by atoms with Gasteiger partial charge in [-0.25, -0.2) is 0 Å². The fourth-order valence-corrected chi connectivity index (χ4v) is 2.51. The van der Waals surface area contributed by atoms with Gasteiger partial charge in [0.1, 0.15) is 0 Å². The van der Waals surface area contributed by atoms with Gasteiger partial charge in [-0.05, 0) is 56.3 Å². The van der Waals surface area contributed by atoms with Crippen LogP contribution in [-0.4, -0.2) is 18.7 Å². The van der Waals surface area contributed by atoms with Crippen molar-refractivity contribution in [3.63, 3.8) is 0 Å². The molecule has 0 amide bonds. The van der Waals surface area contributed by atoms with Gasteiger partial charge in [-0.3, -0.25) is 0 Å². The van der Waals surface area contributed by atoms with Crippen molar-refractivity contribution in [1.82, 2.24) is 5.32 Å². The fourth-order valence-electron chi connectivity index (χ4n) is 2.51. The van der Waals surface area contributed by atoms with Crippen molar-refractivity contribution in [3.05, 3.63) is 34.9 Å². The van der Waals surface area contributed by atoms with Crippen molar-refractivity contribution in [1.29, 1.82) is 0 Å². The Kier molecular flexibility index (Phi) is 3.31. The van der Waals surface area contributed by atoms with Crippen LogP contribution < -0.4 is 5.32 Å². The van der Waals surface area contributed by atoms with E-state index in [-0.39, 0.29) is 0 Å². The van der Waals surface area contributed by atoms with E-state index in [4.69, 9.17) is 0 Å². The number of hydrogen-bond donors (Lipinski definition) is 2. The van der Waals surface area contributed by atoms with Crippen LogP contribution in [0.1, 0.15) is 36.5 Å². The predicted molar refractivity (Wildman–Crippen MR) is 66.6 cm³/mol. The number of benzene rings is 1. The van der Waals surface area contributed by atoms with Crippen LogP contribution in [0, 0.1) is 0 Å². The van der Waals surface area contributed by atoms with E-state index in [1.165, 1.54) is 36.8 Å². The van der Waals surface area contributed by atoms with Gasteiger partial charge in [0.15, 0.2) is 0 Å². The third-order valence-corrected chi connectivity index (χ3v) is 3.49. The molecule has 0 bridgehead atoms. The van der Waals surface area contributed by atoms with Crippen LogP contribution in [0.5, 0.6) is 0 Å². The maximum atomic E-state index is 10.3. The van der Waals surface area contributed by atoms with E-state index in [1.807, 2.05) is 14.0 Å². The van der Waals surface area contributed by atoms with Crippen LogP contribution in [0.15, 0.2) is 18.2 Å². The topological polar surface area (TPSA) is 32.3 Å². The molecule has 1 atom stereocenters. The highest BCUT2D eigenvalue weighted by Gasteiger charge is 2.23. The minimum absolute atomic E-state index is 0.589. The normalized spacial score (nSPS) is 18.9. The molecule has 2 rings (SSSR count). The van der Waals surface area contributed by atoms with E-state index in [2.05, 4.69) is 23.5 Å². The van der Waals surface area contributed by atoms with Crippen LogP contribution in [-0.2, 0) is 18.4 Å². The average Bonchev–Trinajstić information content (AvgIpc) is 2.28. The molecule has 1 aliphatic carbocycles. The average molecular weight is 219 g/mol. The van der Waals surface area contributed by atoms with Crippen molar-refractivity contribution in [2.45, 2.75) is 38.2 Å². The Morgan fingerprint density at radius 3 is 2.62 bits per heavy atom. The summed E-state index contributed by atoms with van der Waals surface area (Å²) in [6.45, 7) is 2.46. The molecule has 1 unspecified atom stereocenters. The van der Waals surface area contributed by atoms with E-state index in [1.54, 1.807) is 0 Å². The van der Waals surface area contributed by atoms with E-state index in [0.29, 0.717) is 6.54 Å². The van der Waals surface area contributed by atoms with Gasteiger partial charge in [0.2, 0.25) is 0 Å². The lowest BCUT2D eigenvalue weighted by atomic mass is 9.86. The van der Waals surface area contributed by atoms with Gasteiger partial charge in [-0.15, -0.1) is 0 Å². The summed E-state index contributed by atoms with van der Waals surface area (Å²) >= 11 is 0. The first-order valence-corrected chi connectivity index (χ1v) is 6.13. The van der Waals surface area contributed by atoms with Crippen LogP contribution in [0.3, 0.4) is 0 Å². The van der Waals surface area contributed by atoms with Gasteiger partial charge < -0.3 is 10.4 Å². The van der Waals surface area contributed by atoms with Gasteiger partial charge in [0.25, 0.3) is 0 Å². The summed E-state index contributed by atoms with van der Waals surface area (Å²) < 4.78 is 0. The quantitative estimate of drug-likeness (QED) is 0.815. The number of nitrogens with one attached hydrogen (secondary N) is 1. The molecule has 1 aromatic carbocycles. The zero-order chi connectivity index (χ0) is 11.6. The highest BCUT2D eigenvalue weighted by Crippen LogP contribution is 2.27. The van der Waals surface area contributed by atoms with Crippen LogP contribution in [0.25, 0.3) is 0 Å². The molecule has 1 aliphatic rings. The van der Waals surface area contributed by atoms with Crippen molar-refractivity contribution in [2.24, 2.45) is 0 Å². The number of likely N-dealkylation sites (N-methyl/N-ethyl adjacent to an activating group) is 1.